The van der Waals surface area contributed by atoms with Crippen molar-refractivity contribution in [1.82, 2.24) is 4.98 Å². The Balaban J connectivity index is 1.57. The van der Waals surface area contributed by atoms with Gasteiger partial charge < -0.3 is 14.6 Å². The molecule has 1 aliphatic rings. The molecular formula is C30H24N2O5S. The maximum atomic E-state index is 13.4. The van der Waals surface area contributed by atoms with Crippen molar-refractivity contribution in [2.45, 2.75) is 6.04 Å². The van der Waals surface area contributed by atoms with Gasteiger partial charge in [-0.1, -0.05) is 72.5 Å². The maximum absolute atomic E-state index is 13.4. The molecule has 1 N–H and O–H groups in total. The Labute approximate surface area is 223 Å². The highest BCUT2D eigenvalue weighted by Gasteiger charge is 2.45. The first-order chi connectivity index (χ1) is 18.5. The van der Waals surface area contributed by atoms with Crippen LogP contribution in [-0.4, -0.2) is 35.5 Å². The number of thiazole rings is 1. The Morgan fingerprint density at radius 2 is 1.84 bits per heavy atom. The number of anilines is 1. The molecule has 190 valence electrons. The van der Waals surface area contributed by atoms with Crippen molar-refractivity contribution in [2.24, 2.45) is 0 Å². The van der Waals surface area contributed by atoms with E-state index in [0.717, 1.165) is 10.3 Å². The molecule has 1 atom stereocenters. The maximum Gasteiger partial charge on any atom is 0.296 e. The second kappa shape index (κ2) is 10.7. The first kappa shape index (κ1) is 25.0. The zero-order valence-electron chi connectivity index (χ0n) is 20.5. The number of amides is 1. The van der Waals surface area contributed by atoms with Gasteiger partial charge in [0.25, 0.3) is 5.91 Å². The first-order valence-corrected chi connectivity index (χ1v) is 12.6. The second-order valence-electron chi connectivity index (χ2n) is 8.45. The molecular weight excluding hydrogens is 500 g/mol. The number of rotatable bonds is 9. The number of allylic oxidation sites excluding steroid dienone is 1. The van der Waals surface area contributed by atoms with E-state index in [1.165, 1.54) is 22.3 Å². The number of nitrogens with zero attached hydrogens (tertiary/aromatic N) is 2. The quantitative estimate of drug-likeness (QED) is 0.212. The van der Waals surface area contributed by atoms with Crippen molar-refractivity contribution >= 4 is 44.5 Å². The number of ketones is 1. The van der Waals surface area contributed by atoms with Crippen LogP contribution in [0.2, 0.25) is 0 Å². The van der Waals surface area contributed by atoms with Crippen LogP contribution in [0.1, 0.15) is 17.2 Å². The van der Waals surface area contributed by atoms with Crippen LogP contribution in [0.4, 0.5) is 5.13 Å². The van der Waals surface area contributed by atoms with E-state index >= 15 is 0 Å². The summed E-state index contributed by atoms with van der Waals surface area (Å²) in [6.07, 6.45) is 4.67. The van der Waals surface area contributed by atoms with E-state index in [1.807, 2.05) is 36.4 Å². The third kappa shape index (κ3) is 4.81. The van der Waals surface area contributed by atoms with E-state index in [4.69, 9.17) is 9.47 Å². The van der Waals surface area contributed by atoms with E-state index in [2.05, 4.69) is 11.6 Å². The minimum Gasteiger partial charge on any atom is -0.503 e. The lowest BCUT2D eigenvalue weighted by molar-refractivity contribution is -0.117. The summed E-state index contributed by atoms with van der Waals surface area (Å²) in [5, 5.41) is 11.3. The summed E-state index contributed by atoms with van der Waals surface area (Å²) >= 11 is 1.28. The van der Waals surface area contributed by atoms with E-state index in [1.54, 1.807) is 55.7 Å². The summed E-state index contributed by atoms with van der Waals surface area (Å²) in [7, 11) is 1.58. The molecule has 0 bridgehead atoms. The number of hydrogen-bond acceptors (Lipinski definition) is 7. The number of carbonyl (C=O) groups excluding carboxylic acids is 2. The lowest BCUT2D eigenvalue weighted by Crippen LogP contribution is -2.30. The topological polar surface area (TPSA) is 89.0 Å². The average Bonchev–Trinajstić information content (AvgIpc) is 3.48. The molecule has 0 fully saturated rings. The number of fused-ring (bicyclic) bond motifs is 1. The fourth-order valence-electron chi connectivity index (χ4n) is 4.22. The van der Waals surface area contributed by atoms with Crippen molar-refractivity contribution in [2.75, 3.05) is 18.6 Å². The molecule has 0 spiro atoms. The molecule has 0 radical (unpaired) electrons. The summed E-state index contributed by atoms with van der Waals surface area (Å²) in [6, 6.07) is 20.9. The van der Waals surface area contributed by atoms with Gasteiger partial charge in [-0.05, 0) is 47.5 Å². The van der Waals surface area contributed by atoms with Crippen LogP contribution >= 0.6 is 11.3 Å². The Hall–Kier alpha value is -4.69. The highest BCUT2D eigenvalue weighted by molar-refractivity contribution is 7.22. The van der Waals surface area contributed by atoms with Crippen LogP contribution in [0, 0.1) is 0 Å². The van der Waals surface area contributed by atoms with Crippen molar-refractivity contribution in [3.8, 4) is 11.5 Å². The highest BCUT2D eigenvalue weighted by atomic mass is 32.1. The summed E-state index contributed by atoms with van der Waals surface area (Å²) in [5.41, 5.74) is 2.11. The van der Waals surface area contributed by atoms with E-state index in [-0.39, 0.29) is 5.57 Å². The molecule has 7 nitrogen and oxygen atoms in total. The van der Waals surface area contributed by atoms with Gasteiger partial charge in [-0.2, -0.15) is 0 Å². The van der Waals surface area contributed by atoms with E-state index in [9.17, 15) is 14.7 Å². The van der Waals surface area contributed by atoms with Crippen LogP contribution in [0.15, 0.2) is 103 Å². The van der Waals surface area contributed by atoms with Gasteiger partial charge >= 0.3 is 0 Å². The first-order valence-electron chi connectivity index (χ1n) is 11.8. The Bertz CT molecular complexity index is 1570. The number of carbonyl (C=O) groups is 2. The molecule has 4 aromatic rings. The number of benzene rings is 3. The average molecular weight is 525 g/mol. The van der Waals surface area contributed by atoms with Gasteiger partial charge in [0.15, 0.2) is 16.7 Å². The van der Waals surface area contributed by atoms with Crippen molar-refractivity contribution in [1.29, 1.82) is 0 Å². The lowest BCUT2D eigenvalue weighted by atomic mass is 9.95. The van der Waals surface area contributed by atoms with Crippen molar-refractivity contribution < 1.29 is 24.2 Å². The van der Waals surface area contributed by atoms with Gasteiger partial charge in [0, 0.05) is 0 Å². The largest absolute Gasteiger partial charge is 0.503 e. The van der Waals surface area contributed by atoms with Gasteiger partial charge in [0.05, 0.1) is 28.9 Å². The third-order valence-electron chi connectivity index (χ3n) is 6.05. The number of ether oxygens (including phenoxy) is 2. The molecule has 1 amide bonds. The minimum absolute atomic E-state index is 0.0150. The van der Waals surface area contributed by atoms with Crippen LogP contribution in [0.3, 0.4) is 0 Å². The normalized spacial score (nSPS) is 15.4. The molecule has 1 unspecified atom stereocenters. The molecule has 0 aliphatic carbocycles. The molecule has 8 heteroatoms. The fraction of sp³-hybridized carbons (Fsp3) is 0.100. The number of aromatic nitrogens is 1. The van der Waals surface area contributed by atoms with Crippen LogP contribution in [-0.2, 0) is 9.59 Å². The zero-order chi connectivity index (χ0) is 26.6. The Kier molecular flexibility index (Phi) is 7.06. The van der Waals surface area contributed by atoms with Gasteiger partial charge in [-0.25, -0.2) is 4.98 Å². The van der Waals surface area contributed by atoms with E-state index < -0.39 is 23.5 Å². The third-order valence-corrected chi connectivity index (χ3v) is 7.07. The summed E-state index contributed by atoms with van der Waals surface area (Å²) in [6.45, 7) is 4.00. The molecule has 0 saturated heterocycles. The van der Waals surface area contributed by atoms with Crippen LogP contribution in [0.5, 0.6) is 11.5 Å². The van der Waals surface area contributed by atoms with Gasteiger partial charge in [0.2, 0.25) is 0 Å². The van der Waals surface area contributed by atoms with Crippen LogP contribution in [0.25, 0.3) is 16.3 Å². The molecule has 38 heavy (non-hydrogen) atoms. The summed E-state index contributed by atoms with van der Waals surface area (Å²) in [4.78, 5) is 32.9. The molecule has 0 saturated carbocycles. The van der Waals surface area contributed by atoms with E-state index in [0.29, 0.717) is 34.3 Å². The van der Waals surface area contributed by atoms with Crippen molar-refractivity contribution in [3.05, 3.63) is 114 Å². The zero-order valence-corrected chi connectivity index (χ0v) is 21.4. The number of hydrogen-bond donors (Lipinski definition) is 1. The fourth-order valence-corrected chi connectivity index (χ4v) is 5.24. The SMILES string of the molecule is C=CCOc1ccc(C2C(C(=O)C=Cc3ccccc3)=C(O)C(=O)N2c2nc3ccc(OC)cc3s2)cc1. The highest BCUT2D eigenvalue weighted by Crippen LogP contribution is 2.44. The van der Waals surface area contributed by atoms with Gasteiger partial charge in [-0.15, -0.1) is 0 Å². The molecule has 2 heterocycles. The van der Waals surface area contributed by atoms with Crippen LogP contribution < -0.4 is 14.4 Å². The Morgan fingerprint density at radius 1 is 1.11 bits per heavy atom. The summed E-state index contributed by atoms with van der Waals surface area (Å²) in [5.74, 6) is -0.482. The predicted molar refractivity (Wildman–Crippen MR) is 149 cm³/mol. The van der Waals surface area contributed by atoms with Gasteiger partial charge in [-0.3, -0.25) is 14.5 Å². The summed E-state index contributed by atoms with van der Waals surface area (Å²) < 4.78 is 11.7. The lowest BCUT2D eigenvalue weighted by Gasteiger charge is -2.24. The molecule has 1 aliphatic heterocycles. The Morgan fingerprint density at radius 3 is 2.55 bits per heavy atom. The number of aliphatic hydroxyl groups is 1. The van der Waals surface area contributed by atoms with Crippen molar-refractivity contribution in [3.63, 3.8) is 0 Å². The minimum atomic E-state index is -0.883. The molecule has 3 aromatic carbocycles. The standard InChI is InChI=1S/C30H24N2O5S/c1-3-17-37-21-12-10-20(11-13-21)27-26(24(33)16-9-19-7-5-4-6-8-19)28(34)29(35)32(27)30-31-23-15-14-22(36-2)18-25(23)38-30/h3-16,18,27,34H,1,17H2,2H3. The monoisotopic (exact) mass is 524 g/mol. The second-order valence-corrected chi connectivity index (χ2v) is 9.46. The number of methoxy groups -OCH3 is 1. The predicted octanol–water partition coefficient (Wildman–Crippen LogP) is 6.05. The van der Waals surface area contributed by atoms with Gasteiger partial charge in [0.1, 0.15) is 18.1 Å². The number of aliphatic hydroxyl groups excluding tert-OH is 1. The molecule has 5 rings (SSSR count). The molecule has 1 aromatic heterocycles. The smallest absolute Gasteiger partial charge is 0.296 e.